The highest BCUT2D eigenvalue weighted by molar-refractivity contribution is 5.90. The van der Waals surface area contributed by atoms with Gasteiger partial charge >= 0.3 is 11.8 Å². The third-order valence-electron chi connectivity index (χ3n) is 6.28. The molecule has 2 aliphatic rings. The first-order valence-corrected chi connectivity index (χ1v) is 10.3. The number of H-pyrrole nitrogens is 1. The molecule has 4 aromatic heterocycles. The molecular weight excluding hydrogens is 382 g/mol. The highest BCUT2D eigenvalue weighted by Gasteiger charge is 2.38. The van der Waals surface area contributed by atoms with Crippen LogP contribution in [0.4, 0.5) is 0 Å². The summed E-state index contributed by atoms with van der Waals surface area (Å²) >= 11 is 0. The zero-order chi connectivity index (χ0) is 20.2. The van der Waals surface area contributed by atoms with Crippen LogP contribution in [-0.2, 0) is 6.42 Å². The number of hydrogen-bond donors (Lipinski definition) is 1. The number of aryl methyl sites for hydroxylation is 1. The second-order valence-electron chi connectivity index (χ2n) is 8.08. The standard InChI is InChI=1S/C21H21N7O2/c1-12-4-3-8-28-16(12)10-15(26-28)18-17-14(22-11-23-17)7-9-27(18)21(29)20-25-24-19(30-20)13-5-2-6-13/h3-4,8,10-11,13,18H,2,5-7,9H2,1H3,(H,22,23). The summed E-state index contributed by atoms with van der Waals surface area (Å²) in [6, 6.07) is 5.62. The Hall–Kier alpha value is -3.49. The third-order valence-corrected chi connectivity index (χ3v) is 6.28. The number of pyridine rings is 1. The first kappa shape index (κ1) is 17.4. The predicted octanol–water partition coefficient (Wildman–Crippen LogP) is 2.80. The normalized spacial score (nSPS) is 19.1. The van der Waals surface area contributed by atoms with Crippen molar-refractivity contribution < 1.29 is 9.21 Å². The van der Waals surface area contributed by atoms with Crippen LogP contribution in [-0.4, -0.2) is 47.1 Å². The molecule has 9 heteroatoms. The Morgan fingerprint density at radius 2 is 2.20 bits per heavy atom. The number of imidazole rings is 1. The van der Waals surface area contributed by atoms with Gasteiger partial charge in [-0.05, 0) is 37.5 Å². The van der Waals surface area contributed by atoms with E-state index in [0.29, 0.717) is 18.9 Å². The van der Waals surface area contributed by atoms with Gasteiger partial charge in [-0.3, -0.25) is 4.79 Å². The molecule has 4 aromatic rings. The average Bonchev–Trinajstić information content (AvgIpc) is 3.44. The molecule has 5 heterocycles. The first-order chi connectivity index (χ1) is 14.7. The van der Waals surface area contributed by atoms with Gasteiger partial charge in [0.25, 0.3) is 0 Å². The van der Waals surface area contributed by atoms with E-state index >= 15 is 0 Å². The molecule has 0 spiro atoms. The summed E-state index contributed by atoms with van der Waals surface area (Å²) in [5, 5.41) is 12.9. The summed E-state index contributed by atoms with van der Waals surface area (Å²) in [6.07, 6.45) is 7.52. The lowest BCUT2D eigenvalue weighted by atomic mass is 9.85. The quantitative estimate of drug-likeness (QED) is 0.564. The van der Waals surface area contributed by atoms with Crippen molar-refractivity contribution in [3.05, 3.63) is 65.1 Å². The van der Waals surface area contributed by atoms with Gasteiger partial charge in [0, 0.05) is 30.8 Å². The Morgan fingerprint density at radius 1 is 1.30 bits per heavy atom. The lowest BCUT2D eigenvalue weighted by Gasteiger charge is -2.32. The largest absolute Gasteiger partial charge is 0.417 e. The second-order valence-corrected chi connectivity index (χ2v) is 8.08. The maximum Gasteiger partial charge on any atom is 0.312 e. The van der Waals surface area contributed by atoms with Gasteiger partial charge in [-0.25, -0.2) is 9.50 Å². The molecule has 1 unspecified atom stereocenters. The van der Waals surface area contributed by atoms with Crippen LogP contribution >= 0.6 is 0 Å². The van der Waals surface area contributed by atoms with Crippen molar-refractivity contribution in [2.45, 2.75) is 44.6 Å². The van der Waals surface area contributed by atoms with Crippen LogP contribution in [0.25, 0.3) is 5.52 Å². The molecule has 1 saturated carbocycles. The Morgan fingerprint density at radius 3 is 3.00 bits per heavy atom. The summed E-state index contributed by atoms with van der Waals surface area (Å²) in [5.41, 5.74) is 4.74. The maximum absolute atomic E-state index is 13.4. The van der Waals surface area contributed by atoms with E-state index in [1.54, 1.807) is 11.2 Å². The van der Waals surface area contributed by atoms with E-state index in [2.05, 4.69) is 20.2 Å². The number of aromatic amines is 1. The van der Waals surface area contributed by atoms with Crippen molar-refractivity contribution in [3.8, 4) is 0 Å². The molecule has 0 radical (unpaired) electrons. The van der Waals surface area contributed by atoms with Crippen molar-refractivity contribution >= 4 is 11.4 Å². The van der Waals surface area contributed by atoms with Gasteiger partial charge < -0.3 is 14.3 Å². The number of nitrogens with one attached hydrogen (secondary N) is 1. The lowest BCUT2D eigenvalue weighted by Crippen LogP contribution is -2.41. The van der Waals surface area contributed by atoms with Crippen LogP contribution < -0.4 is 0 Å². The minimum Gasteiger partial charge on any atom is -0.417 e. The summed E-state index contributed by atoms with van der Waals surface area (Å²) < 4.78 is 7.61. The molecule has 1 atom stereocenters. The molecule has 30 heavy (non-hydrogen) atoms. The first-order valence-electron chi connectivity index (χ1n) is 10.3. The van der Waals surface area contributed by atoms with Crippen molar-refractivity contribution in [2.24, 2.45) is 0 Å². The molecule has 0 bridgehead atoms. The molecule has 1 fully saturated rings. The molecule has 1 amide bonds. The monoisotopic (exact) mass is 403 g/mol. The Balaban J connectivity index is 1.41. The van der Waals surface area contributed by atoms with Crippen LogP contribution in [0.5, 0.6) is 0 Å². The Labute approximate surface area is 172 Å². The molecule has 1 N–H and O–H groups in total. The van der Waals surface area contributed by atoms with Crippen LogP contribution in [0.3, 0.4) is 0 Å². The van der Waals surface area contributed by atoms with Gasteiger partial charge in [0.05, 0.1) is 23.2 Å². The van der Waals surface area contributed by atoms with Crippen molar-refractivity contribution in [1.29, 1.82) is 0 Å². The molecule has 0 saturated heterocycles. The lowest BCUT2D eigenvalue weighted by molar-refractivity contribution is 0.0642. The van der Waals surface area contributed by atoms with E-state index in [1.807, 2.05) is 35.8 Å². The Bertz CT molecular complexity index is 1250. The van der Waals surface area contributed by atoms with Crippen LogP contribution in [0.1, 0.15) is 70.4 Å². The van der Waals surface area contributed by atoms with E-state index in [4.69, 9.17) is 9.52 Å². The van der Waals surface area contributed by atoms with Gasteiger partial charge in [0.1, 0.15) is 6.04 Å². The van der Waals surface area contributed by atoms with Gasteiger partial charge in [0.15, 0.2) is 0 Å². The number of amides is 1. The summed E-state index contributed by atoms with van der Waals surface area (Å²) in [7, 11) is 0. The molecule has 0 aromatic carbocycles. The fourth-order valence-corrected chi connectivity index (χ4v) is 4.37. The zero-order valence-electron chi connectivity index (χ0n) is 16.6. The predicted molar refractivity (Wildman–Crippen MR) is 106 cm³/mol. The number of carbonyl (C=O) groups is 1. The second kappa shape index (κ2) is 6.51. The number of rotatable bonds is 3. The number of hydrogen-bond acceptors (Lipinski definition) is 6. The van der Waals surface area contributed by atoms with Gasteiger partial charge in [0.2, 0.25) is 5.89 Å². The molecule has 1 aliphatic carbocycles. The fourth-order valence-electron chi connectivity index (χ4n) is 4.37. The third kappa shape index (κ3) is 2.58. The van der Waals surface area contributed by atoms with Gasteiger partial charge in [-0.2, -0.15) is 5.10 Å². The number of fused-ring (bicyclic) bond motifs is 2. The minimum absolute atomic E-state index is 0.0424. The highest BCUT2D eigenvalue weighted by Crippen LogP contribution is 2.37. The summed E-state index contributed by atoms with van der Waals surface area (Å²) in [5.74, 6) is 0.624. The van der Waals surface area contributed by atoms with Crippen molar-refractivity contribution in [2.75, 3.05) is 6.54 Å². The summed E-state index contributed by atoms with van der Waals surface area (Å²) in [6.45, 7) is 2.57. The summed E-state index contributed by atoms with van der Waals surface area (Å²) in [4.78, 5) is 22.9. The number of aromatic nitrogens is 6. The van der Waals surface area contributed by atoms with E-state index in [-0.39, 0.29) is 17.7 Å². The topological polar surface area (TPSA) is 105 Å². The minimum atomic E-state index is -0.411. The molecule has 9 nitrogen and oxygen atoms in total. The highest BCUT2D eigenvalue weighted by atomic mass is 16.4. The van der Waals surface area contributed by atoms with Gasteiger partial charge in [-0.1, -0.05) is 12.5 Å². The van der Waals surface area contributed by atoms with E-state index in [9.17, 15) is 4.79 Å². The van der Waals surface area contributed by atoms with E-state index in [1.165, 1.54) is 6.42 Å². The number of nitrogens with zero attached hydrogens (tertiary/aromatic N) is 6. The molecular formula is C21H21N7O2. The van der Waals surface area contributed by atoms with Crippen molar-refractivity contribution in [1.82, 2.24) is 34.7 Å². The van der Waals surface area contributed by atoms with Crippen LogP contribution in [0.15, 0.2) is 35.1 Å². The zero-order valence-corrected chi connectivity index (χ0v) is 16.6. The molecule has 152 valence electrons. The maximum atomic E-state index is 13.4. The van der Waals surface area contributed by atoms with Crippen LogP contribution in [0.2, 0.25) is 0 Å². The SMILES string of the molecule is Cc1cccn2nc(C3c4nc[nH]c4CCN3C(=O)c3nnc(C4CCC4)o3)cc12. The van der Waals surface area contributed by atoms with E-state index in [0.717, 1.165) is 41.0 Å². The number of carbonyl (C=O) groups excluding carboxylic acids is 1. The van der Waals surface area contributed by atoms with E-state index < -0.39 is 6.04 Å². The Kier molecular flexibility index (Phi) is 3.77. The van der Waals surface area contributed by atoms with Crippen molar-refractivity contribution in [3.63, 3.8) is 0 Å². The van der Waals surface area contributed by atoms with Gasteiger partial charge in [-0.15, -0.1) is 10.2 Å². The molecule has 6 rings (SSSR count). The molecule has 1 aliphatic heterocycles. The fraction of sp³-hybridized carbons (Fsp3) is 0.381. The smallest absolute Gasteiger partial charge is 0.312 e. The average molecular weight is 403 g/mol. The van der Waals surface area contributed by atoms with Crippen LogP contribution in [0, 0.1) is 6.92 Å².